The lowest BCUT2D eigenvalue weighted by atomic mass is 9.79. The second kappa shape index (κ2) is 14.8. The van der Waals surface area contributed by atoms with Gasteiger partial charge in [0.1, 0.15) is 12.4 Å². The monoisotopic (exact) mass is 772 g/mol. The summed E-state index contributed by atoms with van der Waals surface area (Å²) in [7, 11) is 0. The molecule has 46 heavy (non-hydrogen) atoms. The molecule has 0 radical (unpaired) electrons. The standard InChI is InChI=1S/C32H36F3IN4O5S/c1-2-6-27-31(45-28-19-22(36)21-46-28,10-5-12-40(27)29(42)23-20-37-11-9-24(23)32(33,34)35)30(43)39-15-13-38(14-16-39)25-7-3-4-8-26(25)44-18-17-41/h3-4,7-9,11,19-21,27,41H,2,5-6,10,12-18H2,1H3/t27-,31+/m1/s1. The highest BCUT2D eigenvalue weighted by Crippen LogP contribution is 2.41. The SMILES string of the molecule is CCC[C@H]1N(C(=O)c2cnccc2C(F)(F)F)CCC[C@@]1(Oc1cc(I)cs1)C(=O)N1CCN(c2ccccc2OCCO)CC1. The van der Waals surface area contributed by atoms with Crippen LogP contribution in [0.5, 0.6) is 10.8 Å². The molecule has 4 heterocycles. The summed E-state index contributed by atoms with van der Waals surface area (Å²) in [5.41, 5.74) is -2.24. The fraction of sp³-hybridized carbons (Fsp3) is 0.469. The molecule has 2 saturated heterocycles. The summed E-state index contributed by atoms with van der Waals surface area (Å²) in [6.07, 6.45) is -1.16. The van der Waals surface area contributed by atoms with Crippen molar-refractivity contribution in [3.05, 3.63) is 68.9 Å². The number of pyridine rings is 1. The van der Waals surface area contributed by atoms with E-state index in [-0.39, 0.29) is 25.7 Å². The number of thiophene rings is 1. The molecule has 2 aliphatic rings. The minimum atomic E-state index is -4.75. The van der Waals surface area contributed by atoms with E-state index in [0.717, 1.165) is 27.7 Å². The zero-order chi connectivity index (χ0) is 32.9. The Morgan fingerprint density at radius 2 is 1.91 bits per heavy atom. The Kier molecular flexibility index (Phi) is 11.0. The number of nitrogens with zero attached hydrogens (tertiary/aromatic N) is 4. The third-order valence-corrected chi connectivity index (χ3v) is 10.2. The van der Waals surface area contributed by atoms with E-state index in [0.29, 0.717) is 62.7 Å². The first-order chi connectivity index (χ1) is 22.1. The topological polar surface area (TPSA) is 95.4 Å². The maximum atomic E-state index is 14.8. The van der Waals surface area contributed by atoms with Gasteiger partial charge in [-0.05, 0) is 53.6 Å². The van der Waals surface area contributed by atoms with Crippen LogP contribution in [0.4, 0.5) is 18.9 Å². The van der Waals surface area contributed by atoms with Gasteiger partial charge < -0.3 is 29.3 Å². The molecule has 0 unspecified atom stereocenters. The number of halogens is 4. The lowest BCUT2D eigenvalue weighted by molar-refractivity contribution is -0.159. The fourth-order valence-electron chi connectivity index (χ4n) is 6.31. The summed E-state index contributed by atoms with van der Waals surface area (Å²) < 4.78 is 55.2. The largest absolute Gasteiger partial charge is 0.489 e. The minimum Gasteiger partial charge on any atom is -0.489 e. The molecule has 14 heteroatoms. The summed E-state index contributed by atoms with van der Waals surface area (Å²) in [5.74, 6) is -0.454. The number of para-hydroxylation sites is 2. The molecule has 2 atom stereocenters. The zero-order valence-corrected chi connectivity index (χ0v) is 28.3. The summed E-state index contributed by atoms with van der Waals surface area (Å²) >= 11 is 3.50. The highest BCUT2D eigenvalue weighted by atomic mass is 127. The van der Waals surface area contributed by atoms with Crippen LogP contribution in [-0.4, -0.2) is 89.3 Å². The average molecular weight is 773 g/mol. The smallest absolute Gasteiger partial charge is 0.417 e. The van der Waals surface area contributed by atoms with Crippen LogP contribution < -0.4 is 14.4 Å². The van der Waals surface area contributed by atoms with Crippen molar-refractivity contribution in [1.82, 2.24) is 14.8 Å². The predicted octanol–water partition coefficient (Wildman–Crippen LogP) is 5.71. The first kappa shape index (κ1) is 34.2. The highest BCUT2D eigenvalue weighted by Gasteiger charge is 2.56. The number of amides is 2. The number of piperazine rings is 1. The lowest BCUT2D eigenvalue weighted by Gasteiger charge is -2.50. The van der Waals surface area contributed by atoms with Crippen LogP contribution in [0, 0.1) is 3.57 Å². The molecule has 0 aliphatic carbocycles. The van der Waals surface area contributed by atoms with E-state index in [1.807, 2.05) is 42.6 Å². The van der Waals surface area contributed by atoms with Crippen molar-refractivity contribution in [1.29, 1.82) is 0 Å². The number of ether oxygens (including phenoxy) is 2. The molecule has 3 aromatic rings. The average Bonchev–Trinajstić information content (AvgIpc) is 3.47. The quantitative estimate of drug-likeness (QED) is 0.264. The van der Waals surface area contributed by atoms with Crippen LogP contribution in [0.25, 0.3) is 0 Å². The number of aromatic nitrogens is 1. The molecule has 5 rings (SSSR count). The molecule has 248 valence electrons. The van der Waals surface area contributed by atoms with E-state index >= 15 is 0 Å². The normalized spacial score (nSPS) is 20.5. The summed E-state index contributed by atoms with van der Waals surface area (Å²) in [6, 6.07) is 9.36. The maximum absolute atomic E-state index is 14.8. The number of rotatable bonds is 10. The molecule has 2 amide bonds. The van der Waals surface area contributed by atoms with Gasteiger partial charge in [-0.1, -0.05) is 25.5 Å². The number of hydrogen-bond donors (Lipinski definition) is 1. The van der Waals surface area contributed by atoms with E-state index in [9.17, 15) is 27.9 Å². The summed E-state index contributed by atoms with van der Waals surface area (Å²) in [5, 5.41) is 11.6. The Balaban J connectivity index is 1.47. The number of benzene rings is 1. The van der Waals surface area contributed by atoms with Crippen molar-refractivity contribution in [3.8, 4) is 10.8 Å². The molecule has 1 N–H and O–H groups in total. The molecule has 0 bridgehead atoms. The van der Waals surface area contributed by atoms with Crippen LogP contribution in [0.2, 0.25) is 0 Å². The van der Waals surface area contributed by atoms with Crippen LogP contribution in [0.1, 0.15) is 48.5 Å². The first-order valence-corrected chi connectivity index (χ1v) is 17.2. The third-order valence-electron chi connectivity index (χ3n) is 8.35. The zero-order valence-electron chi connectivity index (χ0n) is 25.3. The van der Waals surface area contributed by atoms with Crippen molar-refractivity contribution < 1.29 is 37.3 Å². The number of aliphatic hydroxyl groups excluding tert-OH is 1. The minimum absolute atomic E-state index is 0.112. The number of anilines is 1. The van der Waals surface area contributed by atoms with E-state index in [4.69, 9.17) is 9.47 Å². The van der Waals surface area contributed by atoms with Crippen molar-refractivity contribution in [2.75, 3.05) is 50.8 Å². The van der Waals surface area contributed by atoms with Crippen molar-refractivity contribution >= 4 is 51.4 Å². The molecule has 2 aliphatic heterocycles. The van der Waals surface area contributed by atoms with Crippen LogP contribution in [0.15, 0.2) is 54.2 Å². The van der Waals surface area contributed by atoms with Crippen molar-refractivity contribution in [2.24, 2.45) is 0 Å². The fourth-order valence-corrected chi connectivity index (χ4v) is 7.88. The maximum Gasteiger partial charge on any atom is 0.417 e. The molecular formula is C32H36F3IN4O5S. The van der Waals surface area contributed by atoms with E-state index in [1.165, 1.54) is 16.2 Å². The van der Waals surface area contributed by atoms with Gasteiger partial charge in [0, 0.05) is 66.6 Å². The molecule has 1 aromatic carbocycles. The molecule has 9 nitrogen and oxygen atoms in total. The summed E-state index contributed by atoms with van der Waals surface area (Å²) in [6.45, 7) is 3.90. The second-order valence-corrected chi connectivity index (χ2v) is 13.3. The van der Waals surface area contributed by atoms with Crippen molar-refractivity contribution in [3.63, 3.8) is 0 Å². The van der Waals surface area contributed by atoms with Crippen LogP contribution in [-0.2, 0) is 11.0 Å². The van der Waals surface area contributed by atoms with Crippen LogP contribution in [0.3, 0.4) is 0 Å². The molecular weight excluding hydrogens is 736 g/mol. The number of carbonyl (C=O) groups is 2. The highest BCUT2D eigenvalue weighted by molar-refractivity contribution is 14.1. The van der Waals surface area contributed by atoms with Gasteiger partial charge in [-0.25, -0.2) is 0 Å². The van der Waals surface area contributed by atoms with Gasteiger partial charge in [-0.2, -0.15) is 13.2 Å². The van der Waals surface area contributed by atoms with Gasteiger partial charge >= 0.3 is 6.18 Å². The number of alkyl halides is 3. The van der Waals surface area contributed by atoms with Gasteiger partial charge in [0.05, 0.1) is 29.5 Å². The molecule has 0 spiro atoms. The van der Waals surface area contributed by atoms with Gasteiger partial charge in [0.15, 0.2) is 5.06 Å². The second-order valence-electron chi connectivity index (χ2n) is 11.2. The van der Waals surface area contributed by atoms with Gasteiger partial charge in [-0.3, -0.25) is 14.6 Å². The van der Waals surface area contributed by atoms with Gasteiger partial charge in [0.25, 0.3) is 11.8 Å². The lowest BCUT2D eigenvalue weighted by Crippen LogP contribution is -2.69. The van der Waals surface area contributed by atoms with E-state index in [2.05, 4.69) is 32.5 Å². The number of aliphatic hydroxyl groups is 1. The Labute approximate surface area is 283 Å². The Morgan fingerprint density at radius 3 is 2.59 bits per heavy atom. The number of likely N-dealkylation sites (tertiary alicyclic amines) is 1. The van der Waals surface area contributed by atoms with E-state index in [1.54, 1.807) is 4.90 Å². The Bertz CT molecular complexity index is 1520. The van der Waals surface area contributed by atoms with Crippen molar-refractivity contribution in [2.45, 2.75) is 50.4 Å². The third kappa shape index (κ3) is 7.23. The predicted molar refractivity (Wildman–Crippen MR) is 176 cm³/mol. The Morgan fingerprint density at radius 1 is 1.15 bits per heavy atom. The first-order valence-electron chi connectivity index (χ1n) is 15.2. The number of carbonyl (C=O) groups excluding carboxylic acids is 2. The molecule has 0 saturated carbocycles. The molecule has 2 fully saturated rings. The van der Waals surface area contributed by atoms with Crippen LogP contribution >= 0.6 is 33.9 Å². The van der Waals surface area contributed by atoms with Gasteiger partial charge in [-0.15, -0.1) is 11.3 Å². The van der Waals surface area contributed by atoms with Gasteiger partial charge in [0.2, 0.25) is 5.60 Å². The number of piperidine rings is 1. The summed E-state index contributed by atoms with van der Waals surface area (Å²) in [4.78, 5) is 37.8. The Hall–Kier alpha value is -3.11. The number of hydrogen-bond acceptors (Lipinski definition) is 8. The van der Waals surface area contributed by atoms with E-state index < -0.39 is 34.9 Å². The molecule has 2 aromatic heterocycles.